The number of aromatic nitrogens is 1. The molecule has 0 bridgehead atoms. The Morgan fingerprint density at radius 2 is 1.95 bits per heavy atom. The van der Waals surface area contributed by atoms with Crippen molar-refractivity contribution in [3.63, 3.8) is 0 Å². The van der Waals surface area contributed by atoms with Crippen LogP contribution in [0.4, 0.5) is 5.69 Å². The van der Waals surface area contributed by atoms with Crippen molar-refractivity contribution in [3.8, 4) is 10.4 Å². The second-order valence-corrected chi connectivity index (χ2v) is 5.48. The van der Waals surface area contributed by atoms with Gasteiger partial charge in [0.15, 0.2) is 0 Å². The molecule has 4 heteroatoms. The van der Waals surface area contributed by atoms with Crippen LogP contribution >= 0.6 is 11.5 Å². The van der Waals surface area contributed by atoms with Gasteiger partial charge >= 0.3 is 0 Å². The Bertz CT molecular complexity index is 572. The predicted molar refractivity (Wildman–Crippen MR) is 83.1 cm³/mol. The highest BCUT2D eigenvalue weighted by Gasteiger charge is 2.15. The molecule has 0 spiro atoms. The number of hydrogen-bond donors (Lipinski definition) is 1. The van der Waals surface area contributed by atoms with Crippen LogP contribution < -0.4 is 10.9 Å². The Hall–Kier alpha value is -1.55. The Balaban J connectivity index is 2.44. The predicted octanol–water partition coefficient (Wildman–Crippen LogP) is 3.81. The van der Waals surface area contributed by atoms with E-state index in [4.69, 9.17) is 0 Å². The van der Waals surface area contributed by atoms with E-state index in [2.05, 4.69) is 24.4 Å². The lowest BCUT2D eigenvalue weighted by atomic mass is 10.2. The van der Waals surface area contributed by atoms with Crippen molar-refractivity contribution in [3.05, 3.63) is 40.7 Å². The van der Waals surface area contributed by atoms with E-state index in [-0.39, 0.29) is 5.56 Å². The van der Waals surface area contributed by atoms with Gasteiger partial charge in [0.05, 0.1) is 4.88 Å². The van der Waals surface area contributed by atoms with Crippen LogP contribution in [0.2, 0.25) is 0 Å². The third-order valence-electron chi connectivity index (χ3n) is 2.97. The molecule has 0 radical (unpaired) electrons. The Kier molecular flexibility index (Phi) is 4.80. The summed E-state index contributed by atoms with van der Waals surface area (Å²) in [4.78, 5) is 13.4. The monoisotopic (exact) mass is 276 g/mol. The van der Waals surface area contributed by atoms with E-state index >= 15 is 0 Å². The van der Waals surface area contributed by atoms with Crippen LogP contribution in [0.3, 0.4) is 0 Å². The van der Waals surface area contributed by atoms with Crippen molar-refractivity contribution in [1.82, 2.24) is 3.96 Å². The van der Waals surface area contributed by atoms with Crippen molar-refractivity contribution in [2.75, 3.05) is 11.9 Å². The van der Waals surface area contributed by atoms with Crippen LogP contribution in [-0.2, 0) is 6.54 Å². The number of unbranched alkanes of at least 4 members (excludes halogenated alkanes) is 1. The van der Waals surface area contributed by atoms with E-state index in [9.17, 15) is 4.79 Å². The van der Waals surface area contributed by atoms with Crippen molar-refractivity contribution >= 4 is 17.2 Å². The molecule has 2 rings (SSSR count). The molecular formula is C15H20N2OS. The van der Waals surface area contributed by atoms with Crippen LogP contribution in [0.5, 0.6) is 0 Å². The fraction of sp³-hybridized carbons (Fsp3) is 0.400. The maximum atomic E-state index is 12.4. The van der Waals surface area contributed by atoms with Gasteiger partial charge in [0, 0.05) is 13.1 Å². The largest absolute Gasteiger partial charge is 0.380 e. The first-order chi connectivity index (χ1) is 9.27. The standard InChI is InChI=1S/C15H20N2OS/c1-3-5-11-17-15(18)13(16-4-2)14(19-17)12-9-7-6-8-10-12/h6-10,16H,3-5,11H2,1-2H3. The van der Waals surface area contributed by atoms with Crippen molar-refractivity contribution in [1.29, 1.82) is 0 Å². The maximum absolute atomic E-state index is 12.4. The summed E-state index contributed by atoms with van der Waals surface area (Å²) in [5.41, 5.74) is 1.96. The molecule has 3 nitrogen and oxygen atoms in total. The van der Waals surface area contributed by atoms with Crippen molar-refractivity contribution < 1.29 is 0 Å². The van der Waals surface area contributed by atoms with Crippen molar-refractivity contribution in [2.24, 2.45) is 0 Å². The number of nitrogens with one attached hydrogen (secondary N) is 1. The minimum atomic E-state index is 0.110. The van der Waals surface area contributed by atoms with E-state index in [1.165, 1.54) is 0 Å². The SMILES string of the molecule is CCCCn1sc(-c2ccccc2)c(NCC)c1=O. The first-order valence-corrected chi connectivity index (χ1v) is 7.58. The Morgan fingerprint density at radius 3 is 2.58 bits per heavy atom. The molecule has 0 fully saturated rings. The summed E-state index contributed by atoms with van der Waals surface area (Å²) in [5.74, 6) is 0. The van der Waals surface area contributed by atoms with E-state index in [1.807, 2.05) is 29.1 Å². The topological polar surface area (TPSA) is 34.0 Å². The van der Waals surface area contributed by atoms with Gasteiger partial charge in [-0.05, 0) is 18.9 Å². The number of anilines is 1. The molecule has 102 valence electrons. The zero-order valence-electron chi connectivity index (χ0n) is 11.5. The second kappa shape index (κ2) is 6.57. The molecule has 0 aliphatic heterocycles. The molecule has 19 heavy (non-hydrogen) atoms. The molecule has 0 aliphatic rings. The number of rotatable bonds is 6. The van der Waals surface area contributed by atoms with E-state index in [0.717, 1.165) is 42.1 Å². The third kappa shape index (κ3) is 3.07. The lowest BCUT2D eigenvalue weighted by Gasteiger charge is -2.02. The highest BCUT2D eigenvalue weighted by molar-refractivity contribution is 7.10. The van der Waals surface area contributed by atoms with Crippen LogP contribution in [0, 0.1) is 0 Å². The Labute approximate surface area is 118 Å². The Morgan fingerprint density at radius 1 is 1.21 bits per heavy atom. The van der Waals surface area contributed by atoms with Gasteiger partial charge in [0.1, 0.15) is 5.69 Å². The van der Waals surface area contributed by atoms with E-state index in [0.29, 0.717) is 0 Å². The number of nitrogens with zero attached hydrogens (tertiary/aromatic N) is 1. The normalized spacial score (nSPS) is 10.6. The molecule has 1 aromatic carbocycles. The highest BCUT2D eigenvalue weighted by atomic mass is 32.1. The van der Waals surface area contributed by atoms with Crippen LogP contribution in [0.1, 0.15) is 26.7 Å². The van der Waals surface area contributed by atoms with Gasteiger partial charge in [-0.15, -0.1) is 0 Å². The van der Waals surface area contributed by atoms with E-state index < -0.39 is 0 Å². The molecular weight excluding hydrogens is 256 g/mol. The first-order valence-electron chi connectivity index (χ1n) is 6.81. The zero-order valence-corrected chi connectivity index (χ0v) is 12.3. The summed E-state index contributed by atoms with van der Waals surface area (Å²) in [6, 6.07) is 10.1. The van der Waals surface area contributed by atoms with Crippen molar-refractivity contribution in [2.45, 2.75) is 33.2 Å². The smallest absolute Gasteiger partial charge is 0.284 e. The first kappa shape index (κ1) is 13.9. The van der Waals surface area contributed by atoms with Gasteiger partial charge < -0.3 is 5.32 Å². The maximum Gasteiger partial charge on any atom is 0.284 e. The number of hydrogen-bond acceptors (Lipinski definition) is 3. The van der Waals surface area contributed by atoms with Gasteiger partial charge in [-0.3, -0.25) is 8.75 Å². The summed E-state index contributed by atoms with van der Waals surface area (Å²) < 4.78 is 1.86. The minimum Gasteiger partial charge on any atom is -0.380 e. The molecule has 1 heterocycles. The summed E-state index contributed by atoms with van der Waals surface area (Å²) in [7, 11) is 0. The lowest BCUT2D eigenvalue weighted by Crippen LogP contribution is -2.17. The van der Waals surface area contributed by atoms with Crippen LogP contribution in [0.25, 0.3) is 10.4 Å². The molecule has 0 unspecified atom stereocenters. The summed E-state index contributed by atoms with van der Waals surface area (Å²) in [5, 5.41) is 3.22. The molecule has 0 amide bonds. The van der Waals surface area contributed by atoms with E-state index in [1.54, 1.807) is 11.5 Å². The molecule has 0 atom stereocenters. The molecule has 0 saturated carbocycles. The van der Waals surface area contributed by atoms with Crippen LogP contribution in [-0.4, -0.2) is 10.5 Å². The summed E-state index contributed by atoms with van der Waals surface area (Å²) in [6.07, 6.45) is 2.14. The minimum absolute atomic E-state index is 0.110. The highest BCUT2D eigenvalue weighted by Crippen LogP contribution is 2.30. The molecule has 0 aliphatic carbocycles. The fourth-order valence-corrected chi connectivity index (χ4v) is 3.09. The van der Waals surface area contributed by atoms with Gasteiger partial charge in [0.2, 0.25) is 0 Å². The molecule has 0 saturated heterocycles. The average molecular weight is 276 g/mol. The van der Waals surface area contributed by atoms with Gasteiger partial charge in [-0.1, -0.05) is 55.2 Å². The number of aryl methyl sites for hydroxylation is 1. The molecule has 1 N–H and O–H groups in total. The summed E-state index contributed by atoms with van der Waals surface area (Å²) >= 11 is 1.56. The zero-order chi connectivity index (χ0) is 13.7. The summed E-state index contributed by atoms with van der Waals surface area (Å²) in [6.45, 7) is 5.73. The quantitative estimate of drug-likeness (QED) is 0.870. The fourth-order valence-electron chi connectivity index (χ4n) is 1.99. The van der Waals surface area contributed by atoms with Crippen LogP contribution in [0.15, 0.2) is 35.1 Å². The second-order valence-electron chi connectivity index (χ2n) is 4.45. The van der Waals surface area contributed by atoms with Gasteiger partial charge in [-0.2, -0.15) is 0 Å². The molecule has 1 aromatic heterocycles. The van der Waals surface area contributed by atoms with Gasteiger partial charge in [-0.25, -0.2) is 0 Å². The number of benzene rings is 1. The third-order valence-corrected chi connectivity index (χ3v) is 4.16. The lowest BCUT2D eigenvalue weighted by molar-refractivity contribution is 0.658. The molecule has 2 aromatic rings. The van der Waals surface area contributed by atoms with Gasteiger partial charge in [0.25, 0.3) is 5.56 Å². The average Bonchev–Trinajstić information content (AvgIpc) is 2.75.